The number of benzene rings is 1. The van der Waals surface area contributed by atoms with E-state index in [0.29, 0.717) is 11.4 Å². The summed E-state index contributed by atoms with van der Waals surface area (Å²) in [6.45, 7) is 7.84. The highest BCUT2D eigenvalue weighted by Crippen LogP contribution is 2.25. The molecule has 1 aliphatic rings. The van der Waals surface area contributed by atoms with Gasteiger partial charge in [-0.05, 0) is 37.9 Å². The first-order valence-corrected chi connectivity index (χ1v) is 7.66. The van der Waals surface area contributed by atoms with Gasteiger partial charge >= 0.3 is 0 Å². The first-order valence-electron chi connectivity index (χ1n) is 7.66. The van der Waals surface area contributed by atoms with E-state index >= 15 is 0 Å². The molecule has 20 heavy (non-hydrogen) atoms. The van der Waals surface area contributed by atoms with Gasteiger partial charge in [-0.15, -0.1) is 0 Å². The monoisotopic (exact) mass is 280 g/mol. The van der Waals surface area contributed by atoms with Crippen LogP contribution in [0.4, 0.5) is 10.1 Å². The number of hydrogen-bond acceptors (Lipinski definition) is 3. The molecule has 1 heterocycles. The molecule has 1 aromatic rings. The Balaban J connectivity index is 2.08. The van der Waals surface area contributed by atoms with Gasteiger partial charge in [0.2, 0.25) is 0 Å². The summed E-state index contributed by atoms with van der Waals surface area (Å²) in [6.07, 6.45) is 3.10. The van der Waals surface area contributed by atoms with Crippen molar-refractivity contribution in [1.29, 1.82) is 0 Å². The van der Waals surface area contributed by atoms with E-state index in [2.05, 4.69) is 24.1 Å². The van der Waals surface area contributed by atoms with Crippen molar-refractivity contribution in [3.8, 4) is 5.75 Å². The first-order chi connectivity index (χ1) is 9.74. The minimum atomic E-state index is -0.185. The molecule has 0 unspecified atom stereocenters. The molecular weight excluding hydrogens is 255 g/mol. The number of halogens is 1. The highest BCUT2D eigenvalue weighted by atomic mass is 19.1. The van der Waals surface area contributed by atoms with Crippen molar-refractivity contribution in [2.24, 2.45) is 0 Å². The third-order valence-corrected chi connectivity index (χ3v) is 3.81. The lowest BCUT2D eigenvalue weighted by Crippen LogP contribution is -2.28. The standard InChI is InChI=1S/C16H25FN2O/c1-3-13(4-2)20-14-6-7-16(15(17)12-14)19-10-5-8-18-9-11-19/h6-7,12-13,18H,3-5,8-11H2,1-2H3. The summed E-state index contributed by atoms with van der Waals surface area (Å²) in [5, 5.41) is 3.33. The number of ether oxygens (including phenoxy) is 1. The average Bonchev–Trinajstić information content (AvgIpc) is 2.74. The van der Waals surface area contributed by atoms with Gasteiger partial charge in [0.15, 0.2) is 0 Å². The van der Waals surface area contributed by atoms with Gasteiger partial charge in [-0.1, -0.05) is 13.8 Å². The van der Waals surface area contributed by atoms with Gasteiger partial charge in [-0.2, -0.15) is 0 Å². The van der Waals surface area contributed by atoms with Crippen LogP contribution in [0.5, 0.6) is 5.75 Å². The molecule has 112 valence electrons. The third kappa shape index (κ3) is 3.85. The Kier molecular flexibility index (Phi) is 5.65. The Bertz CT molecular complexity index is 413. The van der Waals surface area contributed by atoms with E-state index < -0.39 is 0 Å². The van der Waals surface area contributed by atoms with Crippen molar-refractivity contribution in [1.82, 2.24) is 5.32 Å². The molecule has 0 radical (unpaired) electrons. The maximum atomic E-state index is 14.3. The van der Waals surface area contributed by atoms with Crippen molar-refractivity contribution in [3.05, 3.63) is 24.0 Å². The van der Waals surface area contributed by atoms with E-state index in [1.165, 1.54) is 6.07 Å². The summed E-state index contributed by atoms with van der Waals surface area (Å²) in [6, 6.07) is 5.25. The first kappa shape index (κ1) is 15.1. The van der Waals surface area contributed by atoms with Gasteiger partial charge in [0, 0.05) is 25.7 Å². The quantitative estimate of drug-likeness (QED) is 0.896. The zero-order chi connectivity index (χ0) is 14.4. The highest BCUT2D eigenvalue weighted by molar-refractivity contribution is 5.50. The van der Waals surface area contributed by atoms with Crippen LogP contribution in [0.2, 0.25) is 0 Å². The van der Waals surface area contributed by atoms with Crippen molar-refractivity contribution in [2.45, 2.75) is 39.2 Å². The summed E-state index contributed by atoms with van der Waals surface area (Å²) in [5.41, 5.74) is 0.686. The third-order valence-electron chi connectivity index (χ3n) is 3.81. The zero-order valence-electron chi connectivity index (χ0n) is 12.5. The fourth-order valence-electron chi connectivity index (χ4n) is 2.55. The van der Waals surface area contributed by atoms with Gasteiger partial charge in [0.25, 0.3) is 0 Å². The second-order valence-corrected chi connectivity index (χ2v) is 5.26. The average molecular weight is 280 g/mol. The van der Waals surface area contributed by atoms with Crippen LogP contribution in [0, 0.1) is 5.82 Å². The topological polar surface area (TPSA) is 24.5 Å². The van der Waals surface area contributed by atoms with Gasteiger partial charge in [0.05, 0.1) is 11.8 Å². The molecule has 0 amide bonds. The van der Waals surface area contributed by atoms with E-state index in [1.54, 1.807) is 0 Å². The molecule has 1 N–H and O–H groups in total. The molecule has 0 spiro atoms. The van der Waals surface area contributed by atoms with E-state index in [9.17, 15) is 4.39 Å². The summed E-state index contributed by atoms with van der Waals surface area (Å²) >= 11 is 0. The lowest BCUT2D eigenvalue weighted by Gasteiger charge is -2.23. The smallest absolute Gasteiger partial charge is 0.150 e. The van der Waals surface area contributed by atoms with Crippen molar-refractivity contribution >= 4 is 5.69 Å². The maximum absolute atomic E-state index is 14.3. The molecule has 0 saturated carbocycles. The van der Waals surface area contributed by atoms with Crippen LogP contribution in [0.15, 0.2) is 18.2 Å². The molecule has 0 atom stereocenters. The maximum Gasteiger partial charge on any atom is 0.150 e. The van der Waals surface area contributed by atoms with Crippen LogP contribution in [-0.4, -0.2) is 32.3 Å². The Morgan fingerprint density at radius 3 is 2.75 bits per heavy atom. The molecule has 0 bridgehead atoms. The van der Waals surface area contributed by atoms with Crippen LogP contribution in [0.3, 0.4) is 0 Å². The van der Waals surface area contributed by atoms with E-state index in [4.69, 9.17) is 4.74 Å². The summed E-state index contributed by atoms with van der Waals surface area (Å²) in [7, 11) is 0. The van der Waals surface area contributed by atoms with Crippen LogP contribution < -0.4 is 15.0 Å². The highest BCUT2D eigenvalue weighted by Gasteiger charge is 2.15. The van der Waals surface area contributed by atoms with Gasteiger partial charge in [-0.25, -0.2) is 4.39 Å². The zero-order valence-corrected chi connectivity index (χ0v) is 12.5. The van der Waals surface area contributed by atoms with Crippen LogP contribution in [-0.2, 0) is 0 Å². The summed E-state index contributed by atoms with van der Waals surface area (Å²) < 4.78 is 20.1. The Morgan fingerprint density at radius 2 is 2.05 bits per heavy atom. The predicted molar refractivity (Wildman–Crippen MR) is 81.1 cm³/mol. The molecule has 1 aromatic carbocycles. The molecule has 0 aromatic heterocycles. The van der Waals surface area contributed by atoms with Crippen LogP contribution in [0.25, 0.3) is 0 Å². The fourth-order valence-corrected chi connectivity index (χ4v) is 2.55. The minimum Gasteiger partial charge on any atom is -0.490 e. The van der Waals surface area contributed by atoms with Gasteiger partial charge in [0.1, 0.15) is 11.6 Å². The molecule has 1 saturated heterocycles. The van der Waals surface area contributed by atoms with Gasteiger partial charge < -0.3 is 15.0 Å². The molecule has 4 heteroatoms. The Hall–Kier alpha value is -1.29. The van der Waals surface area contributed by atoms with Crippen molar-refractivity contribution < 1.29 is 9.13 Å². The summed E-state index contributed by atoms with van der Waals surface area (Å²) in [4.78, 5) is 2.11. The molecule has 3 nitrogen and oxygen atoms in total. The number of nitrogens with one attached hydrogen (secondary N) is 1. The Labute approximate surface area is 121 Å². The lowest BCUT2D eigenvalue weighted by atomic mass is 10.2. The largest absolute Gasteiger partial charge is 0.490 e. The predicted octanol–water partition coefficient (Wildman–Crippen LogP) is 3.19. The van der Waals surface area contributed by atoms with Gasteiger partial charge in [-0.3, -0.25) is 0 Å². The minimum absolute atomic E-state index is 0.169. The molecular formula is C16H25FN2O. The Morgan fingerprint density at radius 1 is 1.25 bits per heavy atom. The van der Waals surface area contributed by atoms with Crippen molar-refractivity contribution in [3.63, 3.8) is 0 Å². The molecule has 2 rings (SSSR count). The summed E-state index contributed by atoms with van der Waals surface area (Å²) in [5.74, 6) is 0.447. The van der Waals surface area contributed by atoms with E-state index in [1.807, 2.05) is 12.1 Å². The van der Waals surface area contributed by atoms with Crippen LogP contribution in [0.1, 0.15) is 33.1 Å². The SMILES string of the molecule is CCC(CC)Oc1ccc(N2CCCNCC2)c(F)c1. The van der Waals surface area contributed by atoms with E-state index in [-0.39, 0.29) is 11.9 Å². The fraction of sp³-hybridized carbons (Fsp3) is 0.625. The molecule has 1 aliphatic heterocycles. The number of anilines is 1. The van der Waals surface area contributed by atoms with E-state index in [0.717, 1.165) is 45.4 Å². The number of rotatable bonds is 5. The second-order valence-electron chi connectivity index (χ2n) is 5.26. The second kappa shape index (κ2) is 7.48. The van der Waals surface area contributed by atoms with Crippen LogP contribution >= 0.6 is 0 Å². The lowest BCUT2D eigenvalue weighted by molar-refractivity contribution is 0.192. The normalized spacial score (nSPS) is 16.3. The van der Waals surface area contributed by atoms with Crippen molar-refractivity contribution in [2.75, 3.05) is 31.1 Å². The molecule has 0 aliphatic carbocycles. The number of hydrogen-bond donors (Lipinski definition) is 1. The number of nitrogens with zero attached hydrogens (tertiary/aromatic N) is 1. The molecule has 1 fully saturated rings.